The van der Waals surface area contributed by atoms with E-state index in [0.717, 1.165) is 30.7 Å². The van der Waals surface area contributed by atoms with Crippen LogP contribution in [0, 0.1) is 11.8 Å². The molecule has 0 aromatic rings. The highest BCUT2D eigenvalue weighted by Gasteiger charge is 2.34. The van der Waals surface area contributed by atoms with E-state index in [1.165, 1.54) is 19.3 Å². The quantitative estimate of drug-likeness (QED) is 0.724. The van der Waals surface area contributed by atoms with Crippen LogP contribution < -0.4 is 5.32 Å². The highest BCUT2D eigenvalue weighted by Crippen LogP contribution is 2.32. The van der Waals surface area contributed by atoms with E-state index in [1.54, 1.807) is 0 Å². The van der Waals surface area contributed by atoms with E-state index in [-0.39, 0.29) is 6.10 Å². The summed E-state index contributed by atoms with van der Waals surface area (Å²) in [5.74, 6) is 1.53. The minimum absolute atomic E-state index is 0.0544. The Morgan fingerprint density at radius 2 is 1.86 bits per heavy atom. The Balaban J connectivity index is 1.91. The number of hydrogen-bond acceptors (Lipinski definition) is 2. The first-order chi connectivity index (χ1) is 6.66. The molecule has 2 aliphatic rings. The number of nitrogens with one attached hydrogen (secondary N) is 1. The molecule has 2 aliphatic carbocycles. The van der Waals surface area contributed by atoms with Gasteiger partial charge in [-0.3, -0.25) is 0 Å². The van der Waals surface area contributed by atoms with Gasteiger partial charge in [0.2, 0.25) is 0 Å². The molecule has 2 fully saturated rings. The zero-order valence-corrected chi connectivity index (χ0v) is 9.37. The number of aliphatic hydroxyl groups excluding tert-OH is 1. The van der Waals surface area contributed by atoms with Crippen molar-refractivity contribution in [2.45, 2.75) is 64.1 Å². The van der Waals surface area contributed by atoms with E-state index in [4.69, 9.17) is 0 Å². The van der Waals surface area contributed by atoms with Gasteiger partial charge in [0, 0.05) is 12.1 Å². The molecule has 2 heteroatoms. The third kappa shape index (κ3) is 2.48. The summed E-state index contributed by atoms with van der Waals surface area (Å²) in [4.78, 5) is 0. The van der Waals surface area contributed by atoms with Crippen LogP contribution in [0.4, 0.5) is 0 Å². The fourth-order valence-electron chi connectivity index (χ4n) is 2.71. The Bertz CT molecular complexity index is 187. The molecule has 0 aromatic heterocycles. The van der Waals surface area contributed by atoms with Crippen LogP contribution in [0.2, 0.25) is 0 Å². The monoisotopic (exact) mass is 197 g/mol. The maximum Gasteiger partial charge on any atom is 0.0555 e. The average molecular weight is 197 g/mol. The number of aliphatic hydroxyl groups is 1. The van der Waals surface area contributed by atoms with Crippen molar-refractivity contribution >= 4 is 0 Å². The summed E-state index contributed by atoms with van der Waals surface area (Å²) in [6, 6.07) is 1.35. The molecule has 0 saturated heterocycles. The molecule has 3 unspecified atom stereocenters. The Hall–Kier alpha value is -0.0800. The molecule has 0 heterocycles. The van der Waals surface area contributed by atoms with Crippen LogP contribution in [-0.2, 0) is 0 Å². The zero-order valence-electron chi connectivity index (χ0n) is 9.37. The normalized spacial score (nSPS) is 39.0. The first kappa shape index (κ1) is 10.4. The molecule has 3 atom stereocenters. The van der Waals surface area contributed by atoms with Crippen molar-refractivity contribution in [2.75, 3.05) is 0 Å². The van der Waals surface area contributed by atoms with Crippen LogP contribution in [0.1, 0.15) is 46.0 Å². The van der Waals surface area contributed by atoms with E-state index >= 15 is 0 Å². The predicted molar refractivity (Wildman–Crippen MR) is 58.1 cm³/mol. The van der Waals surface area contributed by atoms with Gasteiger partial charge in [-0.2, -0.15) is 0 Å². The highest BCUT2D eigenvalue weighted by molar-refractivity contribution is 4.92. The van der Waals surface area contributed by atoms with Gasteiger partial charge in [0.05, 0.1) is 6.10 Å². The summed E-state index contributed by atoms with van der Waals surface area (Å²) in [5, 5.41) is 13.4. The summed E-state index contributed by atoms with van der Waals surface area (Å²) in [5.41, 5.74) is 0. The zero-order chi connectivity index (χ0) is 10.1. The Morgan fingerprint density at radius 3 is 2.43 bits per heavy atom. The minimum atomic E-state index is -0.0544. The lowest BCUT2D eigenvalue weighted by Gasteiger charge is -2.37. The Labute approximate surface area is 87.1 Å². The van der Waals surface area contributed by atoms with Gasteiger partial charge in [0.25, 0.3) is 0 Å². The molecule has 2 rings (SSSR count). The fourth-order valence-corrected chi connectivity index (χ4v) is 2.71. The molecule has 0 radical (unpaired) electrons. The lowest BCUT2D eigenvalue weighted by atomic mass is 9.76. The number of rotatable bonds is 3. The van der Waals surface area contributed by atoms with Crippen LogP contribution in [0.25, 0.3) is 0 Å². The second-order valence-corrected chi connectivity index (χ2v) is 5.42. The Kier molecular flexibility index (Phi) is 3.13. The molecule has 82 valence electrons. The maximum absolute atomic E-state index is 9.67. The first-order valence-corrected chi connectivity index (χ1v) is 6.11. The standard InChI is InChI=1S/C12H23NO/c1-8(2)11-6-5-10(14)7-12(11)13-9-3-4-9/h8-14H,3-7H2,1-2H3. The van der Waals surface area contributed by atoms with Crippen LogP contribution in [0.5, 0.6) is 0 Å². The summed E-state index contributed by atoms with van der Waals surface area (Å²) in [7, 11) is 0. The lowest BCUT2D eigenvalue weighted by molar-refractivity contribution is 0.0685. The molecule has 0 amide bonds. The molecule has 0 bridgehead atoms. The van der Waals surface area contributed by atoms with Crippen molar-refractivity contribution in [1.82, 2.24) is 5.32 Å². The molecule has 0 aliphatic heterocycles. The first-order valence-electron chi connectivity index (χ1n) is 6.11. The van der Waals surface area contributed by atoms with E-state index < -0.39 is 0 Å². The minimum Gasteiger partial charge on any atom is -0.393 e. The second-order valence-electron chi connectivity index (χ2n) is 5.42. The third-order valence-corrected chi connectivity index (χ3v) is 3.76. The second kappa shape index (κ2) is 4.19. The maximum atomic E-state index is 9.67. The van der Waals surface area contributed by atoms with Crippen LogP contribution in [0.15, 0.2) is 0 Å². The smallest absolute Gasteiger partial charge is 0.0555 e. The molecular weight excluding hydrogens is 174 g/mol. The van der Waals surface area contributed by atoms with Gasteiger partial charge in [-0.25, -0.2) is 0 Å². The van der Waals surface area contributed by atoms with Crippen molar-refractivity contribution < 1.29 is 5.11 Å². The summed E-state index contributed by atoms with van der Waals surface area (Å²) < 4.78 is 0. The fraction of sp³-hybridized carbons (Fsp3) is 1.00. The highest BCUT2D eigenvalue weighted by atomic mass is 16.3. The van der Waals surface area contributed by atoms with Gasteiger partial charge in [0.15, 0.2) is 0 Å². The number of hydrogen-bond donors (Lipinski definition) is 2. The summed E-state index contributed by atoms with van der Waals surface area (Å²) >= 11 is 0. The molecule has 2 N–H and O–H groups in total. The van der Waals surface area contributed by atoms with Crippen molar-refractivity contribution in [3.05, 3.63) is 0 Å². The van der Waals surface area contributed by atoms with Crippen LogP contribution in [-0.4, -0.2) is 23.3 Å². The van der Waals surface area contributed by atoms with E-state index in [9.17, 15) is 5.11 Å². The van der Waals surface area contributed by atoms with Gasteiger partial charge in [-0.1, -0.05) is 13.8 Å². The molecular formula is C12H23NO. The predicted octanol–water partition coefficient (Wildman–Crippen LogP) is 1.92. The van der Waals surface area contributed by atoms with E-state index in [1.807, 2.05) is 0 Å². The SMILES string of the molecule is CC(C)C1CCC(O)CC1NC1CC1. The lowest BCUT2D eigenvalue weighted by Crippen LogP contribution is -2.45. The van der Waals surface area contributed by atoms with Crippen molar-refractivity contribution in [2.24, 2.45) is 11.8 Å². The van der Waals surface area contributed by atoms with E-state index in [0.29, 0.717) is 6.04 Å². The van der Waals surface area contributed by atoms with Gasteiger partial charge < -0.3 is 10.4 Å². The van der Waals surface area contributed by atoms with Crippen LogP contribution >= 0.6 is 0 Å². The topological polar surface area (TPSA) is 32.3 Å². The summed E-state index contributed by atoms with van der Waals surface area (Å²) in [6.45, 7) is 4.62. The molecule has 0 aromatic carbocycles. The Morgan fingerprint density at radius 1 is 1.14 bits per heavy atom. The molecule has 14 heavy (non-hydrogen) atoms. The summed E-state index contributed by atoms with van der Waals surface area (Å²) in [6.07, 6.45) is 5.81. The molecule has 0 spiro atoms. The van der Waals surface area contributed by atoms with Gasteiger partial charge in [-0.15, -0.1) is 0 Å². The van der Waals surface area contributed by atoms with E-state index in [2.05, 4.69) is 19.2 Å². The van der Waals surface area contributed by atoms with Crippen molar-refractivity contribution in [1.29, 1.82) is 0 Å². The molecule has 2 saturated carbocycles. The average Bonchev–Trinajstić information content (AvgIpc) is 2.87. The van der Waals surface area contributed by atoms with Crippen molar-refractivity contribution in [3.8, 4) is 0 Å². The van der Waals surface area contributed by atoms with Gasteiger partial charge in [0.1, 0.15) is 0 Å². The largest absolute Gasteiger partial charge is 0.393 e. The van der Waals surface area contributed by atoms with Gasteiger partial charge >= 0.3 is 0 Å². The van der Waals surface area contributed by atoms with Crippen LogP contribution in [0.3, 0.4) is 0 Å². The van der Waals surface area contributed by atoms with Crippen molar-refractivity contribution in [3.63, 3.8) is 0 Å². The third-order valence-electron chi connectivity index (χ3n) is 3.76. The van der Waals surface area contributed by atoms with Gasteiger partial charge in [-0.05, 0) is 43.9 Å². The molecule has 2 nitrogen and oxygen atoms in total.